The van der Waals surface area contributed by atoms with Crippen LogP contribution in [0.3, 0.4) is 0 Å². The molecule has 1 saturated heterocycles. The number of benzene rings is 2. The van der Waals surface area contributed by atoms with Gasteiger partial charge in [0.25, 0.3) is 11.7 Å². The van der Waals surface area contributed by atoms with Crippen LogP contribution in [0.25, 0.3) is 5.76 Å². The molecule has 0 saturated carbocycles. The zero-order valence-corrected chi connectivity index (χ0v) is 20.3. The van der Waals surface area contributed by atoms with E-state index in [1.165, 1.54) is 4.90 Å². The molecule has 180 valence electrons. The van der Waals surface area contributed by atoms with Crippen molar-refractivity contribution in [1.82, 2.24) is 9.88 Å². The van der Waals surface area contributed by atoms with Gasteiger partial charge in [0.15, 0.2) is 0 Å². The molecule has 3 aromatic rings. The lowest BCUT2D eigenvalue weighted by molar-refractivity contribution is -0.140. The molecule has 0 bridgehead atoms. The molecule has 2 heterocycles. The van der Waals surface area contributed by atoms with Crippen molar-refractivity contribution in [3.8, 4) is 5.75 Å². The Morgan fingerprint density at radius 3 is 2.51 bits per heavy atom. The summed E-state index contributed by atoms with van der Waals surface area (Å²) in [4.78, 5) is 32.1. The van der Waals surface area contributed by atoms with Gasteiger partial charge in [-0.05, 0) is 61.2 Å². The largest absolute Gasteiger partial charge is 0.507 e. The first-order valence-corrected chi connectivity index (χ1v) is 11.9. The van der Waals surface area contributed by atoms with Crippen molar-refractivity contribution in [1.29, 1.82) is 0 Å². The summed E-state index contributed by atoms with van der Waals surface area (Å²) in [5, 5.41) is 11.4. The van der Waals surface area contributed by atoms with E-state index in [0.717, 1.165) is 35.1 Å². The number of ketones is 1. The second-order valence-electron chi connectivity index (χ2n) is 8.88. The van der Waals surface area contributed by atoms with Crippen molar-refractivity contribution in [3.05, 3.63) is 100 Å². The number of rotatable bonds is 8. The van der Waals surface area contributed by atoms with Crippen molar-refractivity contribution in [2.45, 2.75) is 46.2 Å². The Morgan fingerprint density at radius 2 is 1.86 bits per heavy atom. The molecule has 35 heavy (non-hydrogen) atoms. The van der Waals surface area contributed by atoms with Crippen LogP contribution in [-0.2, 0) is 16.1 Å². The number of hydrogen-bond donors (Lipinski definition) is 1. The van der Waals surface area contributed by atoms with Gasteiger partial charge in [0, 0.05) is 24.5 Å². The van der Waals surface area contributed by atoms with Crippen LogP contribution in [0.15, 0.2) is 72.6 Å². The number of aryl methyl sites for hydroxylation is 2. The van der Waals surface area contributed by atoms with Crippen molar-refractivity contribution < 1.29 is 19.4 Å². The predicted molar refractivity (Wildman–Crippen MR) is 135 cm³/mol. The maximum Gasteiger partial charge on any atom is 0.295 e. The molecule has 1 aliphatic rings. The summed E-state index contributed by atoms with van der Waals surface area (Å²) in [6, 6.07) is 16.0. The van der Waals surface area contributed by atoms with Gasteiger partial charge in [-0.3, -0.25) is 14.6 Å². The molecule has 1 aliphatic heterocycles. The van der Waals surface area contributed by atoms with E-state index >= 15 is 0 Å². The van der Waals surface area contributed by atoms with E-state index in [-0.39, 0.29) is 17.9 Å². The van der Waals surface area contributed by atoms with E-state index in [0.29, 0.717) is 17.9 Å². The Bertz CT molecular complexity index is 1250. The lowest BCUT2D eigenvalue weighted by atomic mass is 9.93. The van der Waals surface area contributed by atoms with Gasteiger partial charge in [0.2, 0.25) is 0 Å². The van der Waals surface area contributed by atoms with Crippen LogP contribution in [0.1, 0.15) is 53.6 Å². The molecule has 0 radical (unpaired) electrons. The first-order chi connectivity index (χ1) is 16.9. The van der Waals surface area contributed by atoms with Gasteiger partial charge in [-0.15, -0.1) is 0 Å². The Labute approximate surface area is 205 Å². The fourth-order valence-electron chi connectivity index (χ4n) is 4.30. The number of hydrogen-bond acceptors (Lipinski definition) is 5. The number of nitrogens with zero attached hydrogens (tertiary/aromatic N) is 2. The van der Waals surface area contributed by atoms with Crippen molar-refractivity contribution in [2.75, 3.05) is 6.61 Å². The topological polar surface area (TPSA) is 79.7 Å². The fraction of sp³-hybridized carbons (Fsp3) is 0.276. The van der Waals surface area contributed by atoms with Crippen LogP contribution in [0, 0.1) is 13.8 Å². The number of amides is 1. The number of ether oxygens (including phenoxy) is 1. The van der Waals surface area contributed by atoms with Crippen molar-refractivity contribution in [3.63, 3.8) is 0 Å². The first kappa shape index (κ1) is 24.2. The van der Waals surface area contributed by atoms with Gasteiger partial charge >= 0.3 is 0 Å². The number of aliphatic hydroxyl groups excluding tert-OH is 1. The zero-order valence-electron chi connectivity index (χ0n) is 20.3. The third kappa shape index (κ3) is 5.11. The summed E-state index contributed by atoms with van der Waals surface area (Å²) in [5.74, 6) is -0.808. The number of carbonyl (C=O) groups excluding carboxylic acids is 2. The van der Waals surface area contributed by atoms with Gasteiger partial charge in [-0.2, -0.15) is 0 Å². The van der Waals surface area contributed by atoms with Crippen LogP contribution in [0.2, 0.25) is 0 Å². The average molecular weight is 471 g/mol. The van der Waals surface area contributed by atoms with E-state index in [2.05, 4.69) is 11.9 Å². The molecule has 1 atom stereocenters. The van der Waals surface area contributed by atoms with E-state index in [1.807, 2.05) is 50.2 Å². The van der Waals surface area contributed by atoms with E-state index < -0.39 is 17.7 Å². The van der Waals surface area contributed by atoms with E-state index in [1.54, 1.807) is 30.6 Å². The quantitative estimate of drug-likeness (QED) is 0.204. The maximum atomic E-state index is 13.3. The Balaban J connectivity index is 1.78. The van der Waals surface area contributed by atoms with Crippen molar-refractivity contribution >= 4 is 17.4 Å². The van der Waals surface area contributed by atoms with Crippen molar-refractivity contribution in [2.24, 2.45) is 0 Å². The second kappa shape index (κ2) is 10.6. The summed E-state index contributed by atoms with van der Waals surface area (Å²) in [7, 11) is 0. The van der Waals surface area contributed by atoms with Gasteiger partial charge in [-0.25, -0.2) is 0 Å². The first-order valence-electron chi connectivity index (χ1n) is 11.9. The molecule has 4 rings (SSSR count). The summed E-state index contributed by atoms with van der Waals surface area (Å²) in [5.41, 5.74) is 3.98. The van der Waals surface area contributed by atoms with Crippen LogP contribution in [-0.4, -0.2) is 33.3 Å². The minimum absolute atomic E-state index is 0.0884. The summed E-state index contributed by atoms with van der Waals surface area (Å²) in [6.07, 6.45) is 5.33. The highest BCUT2D eigenvalue weighted by molar-refractivity contribution is 6.46. The van der Waals surface area contributed by atoms with Crippen LogP contribution in [0.5, 0.6) is 5.75 Å². The molecule has 1 N–H and O–H groups in total. The minimum Gasteiger partial charge on any atom is -0.507 e. The second-order valence-corrected chi connectivity index (χ2v) is 8.88. The average Bonchev–Trinajstić information content (AvgIpc) is 3.10. The summed E-state index contributed by atoms with van der Waals surface area (Å²) >= 11 is 0. The van der Waals surface area contributed by atoms with Crippen LogP contribution < -0.4 is 4.74 Å². The van der Waals surface area contributed by atoms with Gasteiger partial charge in [0.05, 0.1) is 18.2 Å². The van der Waals surface area contributed by atoms with E-state index in [9.17, 15) is 14.7 Å². The number of aromatic nitrogens is 1. The molecule has 1 amide bonds. The molecule has 0 unspecified atom stereocenters. The highest BCUT2D eigenvalue weighted by atomic mass is 16.5. The van der Waals surface area contributed by atoms with Crippen LogP contribution >= 0.6 is 0 Å². The minimum atomic E-state index is -0.712. The molecule has 1 fully saturated rings. The standard InChI is InChI=1S/C29H30N2O4/c1-4-5-15-35-23-12-13-24(20(3)16-23)27(32)25-26(22-10-8-19(2)9-11-22)31(29(34)28(25)33)18-21-7-6-14-30-17-21/h6-14,16-17,26,32H,4-5,15,18H2,1-3H3/t26-/m1/s1. The molecule has 6 nitrogen and oxygen atoms in total. The third-order valence-electron chi connectivity index (χ3n) is 6.23. The van der Waals surface area contributed by atoms with Gasteiger partial charge in [0.1, 0.15) is 11.5 Å². The Kier molecular flexibility index (Phi) is 7.30. The predicted octanol–water partition coefficient (Wildman–Crippen LogP) is 5.50. The highest BCUT2D eigenvalue weighted by Crippen LogP contribution is 2.41. The lowest BCUT2D eigenvalue weighted by Gasteiger charge is -2.25. The lowest BCUT2D eigenvalue weighted by Crippen LogP contribution is -2.29. The fourth-order valence-corrected chi connectivity index (χ4v) is 4.30. The smallest absolute Gasteiger partial charge is 0.295 e. The van der Waals surface area contributed by atoms with Crippen LogP contribution in [0.4, 0.5) is 0 Å². The number of aliphatic hydroxyl groups is 1. The highest BCUT2D eigenvalue weighted by Gasteiger charge is 2.46. The van der Waals surface area contributed by atoms with E-state index in [4.69, 9.17) is 4.74 Å². The normalized spacial score (nSPS) is 17.1. The third-order valence-corrected chi connectivity index (χ3v) is 6.23. The summed E-state index contributed by atoms with van der Waals surface area (Å²) < 4.78 is 5.78. The monoisotopic (exact) mass is 470 g/mol. The molecule has 1 aromatic heterocycles. The number of carbonyl (C=O) groups is 2. The summed E-state index contributed by atoms with van der Waals surface area (Å²) in [6.45, 7) is 6.76. The Morgan fingerprint density at radius 1 is 1.09 bits per heavy atom. The number of pyridine rings is 1. The Hall–Kier alpha value is -3.93. The molecule has 0 aliphatic carbocycles. The number of Topliss-reactive ketones (excluding diaryl/α,β-unsaturated/α-hetero) is 1. The molecule has 0 spiro atoms. The maximum absolute atomic E-state index is 13.3. The molecule has 6 heteroatoms. The SMILES string of the molecule is CCCCOc1ccc(C(O)=C2C(=O)C(=O)N(Cc3cccnc3)[C@@H]2c2ccc(C)cc2)c(C)c1. The van der Waals surface area contributed by atoms with Gasteiger partial charge < -0.3 is 14.7 Å². The number of likely N-dealkylation sites (tertiary alicyclic amines) is 1. The molecule has 2 aromatic carbocycles. The zero-order chi connectivity index (χ0) is 24.9. The molecular formula is C29H30N2O4. The van der Waals surface area contributed by atoms with Gasteiger partial charge in [-0.1, -0.05) is 49.2 Å². The number of unbranched alkanes of at least 4 members (excludes halogenated alkanes) is 1. The molecular weight excluding hydrogens is 440 g/mol.